The standard InChI is InChI=1S/C24H31N5O3S.C2HF3O2/c1-4-33(31,32)29-9-7-16(8-10-29)21-14-27-23-19(21)11-18(12-20(23)24(25)30)17-5-6-22(26-13-17)28-15(2)3;3-2(4,5)1(6)7/h5-6,11-16,27H,4,7-10H2,1-3H3,(H2,25,30)(H,26,28);(H,6,7). The maximum absolute atomic E-state index is 12.2. The number of nitrogens with two attached hydrogens (primary N) is 1. The number of carbonyl (C=O) groups is 2. The number of halogens is 3. The number of piperidine rings is 1. The van der Waals surface area contributed by atoms with Crippen molar-refractivity contribution in [2.75, 3.05) is 24.2 Å². The van der Waals surface area contributed by atoms with Crippen molar-refractivity contribution in [3.63, 3.8) is 0 Å². The van der Waals surface area contributed by atoms with Crippen molar-refractivity contribution >= 4 is 38.6 Å². The van der Waals surface area contributed by atoms with Crippen LogP contribution in [0.1, 0.15) is 55.5 Å². The fraction of sp³-hybridized carbons (Fsp3) is 0.423. The van der Waals surface area contributed by atoms with Gasteiger partial charge < -0.3 is 21.1 Å². The molecule has 218 valence electrons. The molecular formula is C26H32F3N5O5S. The summed E-state index contributed by atoms with van der Waals surface area (Å²) < 4.78 is 57.8. The molecule has 1 saturated heterocycles. The second-order valence-corrected chi connectivity index (χ2v) is 11.9. The molecule has 0 atom stereocenters. The summed E-state index contributed by atoms with van der Waals surface area (Å²) in [5.41, 5.74) is 9.72. The Morgan fingerprint density at radius 1 is 1.20 bits per heavy atom. The van der Waals surface area contributed by atoms with Crippen molar-refractivity contribution in [1.29, 1.82) is 0 Å². The zero-order chi connectivity index (χ0) is 29.8. The normalized spacial score (nSPS) is 15.1. The predicted molar refractivity (Wildman–Crippen MR) is 146 cm³/mol. The van der Waals surface area contributed by atoms with Crippen LogP contribution < -0.4 is 11.1 Å². The molecule has 14 heteroatoms. The SMILES string of the molecule is CCS(=O)(=O)N1CCC(c2c[nH]c3c(C(N)=O)cc(-c4ccc(NC(C)C)nc4)cc23)CC1.O=C(O)C(F)(F)F. The number of aliphatic carboxylic acids is 1. The summed E-state index contributed by atoms with van der Waals surface area (Å²) in [4.78, 5) is 28.9. The monoisotopic (exact) mass is 583 g/mol. The summed E-state index contributed by atoms with van der Waals surface area (Å²) in [6, 6.07) is 8.04. The first-order valence-corrected chi connectivity index (χ1v) is 14.2. The molecule has 1 amide bonds. The maximum atomic E-state index is 12.2. The molecule has 1 aliphatic rings. The number of rotatable bonds is 7. The molecule has 0 spiro atoms. The molecule has 4 rings (SSSR count). The molecule has 40 heavy (non-hydrogen) atoms. The number of carboxylic acids is 1. The number of amides is 1. The Morgan fingerprint density at radius 2 is 1.82 bits per heavy atom. The van der Waals surface area contributed by atoms with Crippen molar-refractivity contribution in [2.45, 2.75) is 51.7 Å². The van der Waals surface area contributed by atoms with Crippen LogP contribution in [0.5, 0.6) is 0 Å². The van der Waals surface area contributed by atoms with Gasteiger partial charge in [-0.3, -0.25) is 4.79 Å². The van der Waals surface area contributed by atoms with Crippen LogP contribution in [-0.4, -0.2) is 70.7 Å². The van der Waals surface area contributed by atoms with Crippen molar-refractivity contribution in [3.8, 4) is 11.1 Å². The number of benzene rings is 1. The van der Waals surface area contributed by atoms with Crippen molar-refractivity contribution in [1.82, 2.24) is 14.3 Å². The van der Waals surface area contributed by atoms with Gasteiger partial charge in [-0.15, -0.1) is 0 Å². The van der Waals surface area contributed by atoms with Crippen LogP contribution >= 0.6 is 0 Å². The minimum atomic E-state index is -5.08. The highest BCUT2D eigenvalue weighted by Crippen LogP contribution is 2.37. The topological polar surface area (TPSA) is 158 Å². The minimum Gasteiger partial charge on any atom is -0.475 e. The van der Waals surface area contributed by atoms with E-state index in [2.05, 4.69) is 35.2 Å². The smallest absolute Gasteiger partial charge is 0.475 e. The third-order valence-corrected chi connectivity index (χ3v) is 8.40. The van der Waals surface area contributed by atoms with Crippen LogP contribution in [0.3, 0.4) is 0 Å². The van der Waals surface area contributed by atoms with Crippen LogP contribution in [0, 0.1) is 0 Å². The average Bonchev–Trinajstić information content (AvgIpc) is 3.32. The van der Waals surface area contributed by atoms with Gasteiger partial charge in [0.05, 0.1) is 16.8 Å². The summed E-state index contributed by atoms with van der Waals surface area (Å²) in [5, 5.41) is 11.3. The Balaban J connectivity index is 0.000000559. The van der Waals surface area contributed by atoms with E-state index in [1.807, 2.05) is 18.3 Å². The summed E-state index contributed by atoms with van der Waals surface area (Å²) in [6.45, 7) is 6.79. The van der Waals surface area contributed by atoms with E-state index in [0.29, 0.717) is 18.7 Å². The number of alkyl halides is 3. The number of carbonyl (C=O) groups excluding carboxylic acids is 1. The number of aromatic nitrogens is 2. The first-order chi connectivity index (χ1) is 18.6. The van der Waals surface area contributed by atoms with Gasteiger partial charge in [0.1, 0.15) is 5.82 Å². The highest BCUT2D eigenvalue weighted by Gasteiger charge is 2.38. The molecule has 0 saturated carbocycles. The van der Waals surface area contributed by atoms with Gasteiger partial charge in [0.2, 0.25) is 10.0 Å². The number of nitrogens with one attached hydrogen (secondary N) is 2. The lowest BCUT2D eigenvalue weighted by atomic mass is 9.88. The van der Waals surface area contributed by atoms with Crippen LogP contribution in [0.4, 0.5) is 19.0 Å². The second-order valence-electron chi connectivity index (χ2n) is 9.66. The molecule has 0 bridgehead atoms. The predicted octanol–water partition coefficient (Wildman–Crippen LogP) is 4.31. The lowest BCUT2D eigenvalue weighted by molar-refractivity contribution is -0.192. The van der Waals surface area contributed by atoms with E-state index in [1.165, 1.54) is 0 Å². The lowest BCUT2D eigenvalue weighted by Crippen LogP contribution is -2.38. The summed E-state index contributed by atoms with van der Waals surface area (Å²) in [7, 11) is -3.18. The number of H-pyrrole nitrogens is 1. The van der Waals surface area contributed by atoms with E-state index < -0.39 is 28.1 Å². The minimum absolute atomic E-state index is 0.121. The second kappa shape index (κ2) is 12.3. The fourth-order valence-corrected chi connectivity index (χ4v) is 5.66. The fourth-order valence-electron chi connectivity index (χ4n) is 4.53. The first kappa shape index (κ1) is 30.9. The maximum Gasteiger partial charge on any atom is 0.490 e. The van der Waals surface area contributed by atoms with Crippen LogP contribution in [0.2, 0.25) is 0 Å². The zero-order valence-electron chi connectivity index (χ0n) is 22.2. The number of nitrogens with zero attached hydrogens (tertiary/aromatic N) is 2. The van der Waals surface area contributed by atoms with Gasteiger partial charge in [-0.2, -0.15) is 13.2 Å². The van der Waals surface area contributed by atoms with Gasteiger partial charge in [-0.05, 0) is 74.9 Å². The number of anilines is 1. The molecule has 3 aromatic rings. The number of fused-ring (bicyclic) bond motifs is 1. The quantitative estimate of drug-likeness (QED) is 0.323. The molecule has 2 aromatic heterocycles. The van der Waals surface area contributed by atoms with Gasteiger partial charge in [0.15, 0.2) is 0 Å². The van der Waals surface area contributed by atoms with Gasteiger partial charge in [0, 0.05) is 42.5 Å². The first-order valence-electron chi connectivity index (χ1n) is 12.6. The number of sulfonamides is 1. The third-order valence-electron chi connectivity index (χ3n) is 6.51. The van der Waals surface area contributed by atoms with Crippen molar-refractivity contribution in [3.05, 3.63) is 47.8 Å². The molecule has 0 aliphatic carbocycles. The molecular weight excluding hydrogens is 551 g/mol. The summed E-state index contributed by atoms with van der Waals surface area (Å²) in [5.74, 6) is -2.14. The Labute approximate surface area is 229 Å². The van der Waals surface area contributed by atoms with Crippen molar-refractivity contribution in [2.24, 2.45) is 5.73 Å². The Morgan fingerprint density at radius 3 is 2.30 bits per heavy atom. The van der Waals surface area contributed by atoms with Gasteiger partial charge in [-0.1, -0.05) is 0 Å². The van der Waals surface area contributed by atoms with Crippen LogP contribution in [-0.2, 0) is 14.8 Å². The molecule has 0 radical (unpaired) electrons. The molecule has 1 fully saturated rings. The highest BCUT2D eigenvalue weighted by molar-refractivity contribution is 7.89. The van der Waals surface area contributed by atoms with Crippen molar-refractivity contribution < 1.29 is 36.3 Å². The van der Waals surface area contributed by atoms with E-state index >= 15 is 0 Å². The van der Waals surface area contributed by atoms with E-state index in [4.69, 9.17) is 15.6 Å². The molecule has 3 heterocycles. The highest BCUT2D eigenvalue weighted by atomic mass is 32.2. The number of aromatic amines is 1. The lowest BCUT2D eigenvalue weighted by Gasteiger charge is -2.31. The van der Waals surface area contributed by atoms with Crippen LogP contribution in [0.15, 0.2) is 36.7 Å². The molecule has 1 aromatic carbocycles. The molecule has 1 aliphatic heterocycles. The molecule has 0 unspecified atom stereocenters. The van der Waals surface area contributed by atoms with Gasteiger partial charge >= 0.3 is 12.1 Å². The zero-order valence-corrected chi connectivity index (χ0v) is 23.1. The van der Waals surface area contributed by atoms with Crippen LogP contribution in [0.25, 0.3) is 22.0 Å². The van der Waals surface area contributed by atoms with Gasteiger partial charge in [0.25, 0.3) is 5.91 Å². The van der Waals surface area contributed by atoms with E-state index in [-0.39, 0.29) is 17.7 Å². The Kier molecular flexibility index (Phi) is 9.46. The number of pyridine rings is 1. The number of hydrogen-bond acceptors (Lipinski definition) is 6. The number of primary amides is 1. The number of hydrogen-bond donors (Lipinski definition) is 4. The summed E-state index contributed by atoms with van der Waals surface area (Å²) in [6.07, 6.45) is 0.111. The average molecular weight is 584 g/mol. The van der Waals surface area contributed by atoms with E-state index in [1.54, 1.807) is 23.5 Å². The molecule has 10 nitrogen and oxygen atoms in total. The van der Waals surface area contributed by atoms with Gasteiger partial charge in [-0.25, -0.2) is 22.5 Å². The third kappa shape index (κ3) is 7.30. The summed E-state index contributed by atoms with van der Waals surface area (Å²) >= 11 is 0. The molecule has 5 N–H and O–H groups in total. The Hall–Kier alpha value is -3.65. The largest absolute Gasteiger partial charge is 0.490 e. The Bertz CT molecular complexity index is 1460. The van der Waals surface area contributed by atoms with E-state index in [9.17, 15) is 26.4 Å². The van der Waals surface area contributed by atoms with E-state index in [0.717, 1.165) is 46.3 Å². The number of carboxylic acid groups (broad SMARTS) is 1.